The second-order valence-electron chi connectivity index (χ2n) is 5.19. The van der Waals surface area contributed by atoms with E-state index in [1.165, 1.54) is 18.7 Å². The summed E-state index contributed by atoms with van der Waals surface area (Å²) >= 11 is 0. The van der Waals surface area contributed by atoms with Crippen molar-refractivity contribution < 1.29 is 13.6 Å². The summed E-state index contributed by atoms with van der Waals surface area (Å²) in [5.74, 6) is -4.72. The topological polar surface area (TPSA) is 46.3 Å². The second-order valence-corrected chi connectivity index (χ2v) is 5.19. The molecule has 0 heterocycles. The predicted molar refractivity (Wildman–Crippen MR) is 62.8 cm³/mol. The average Bonchev–Trinajstić information content (AvgIpc) is 2.79. The van der Waals surface area contributed by atoms with Crippen molar-refractivity contribution in [1.29, 1.82) is 0 Å². The average molecular weight is 248 g/mol. The van der Waals surface area contributed by atoms with E-state index in [1.807, 2.05) is 0 Å². The van der Waals surface area contributed by atoms with Crippen LogP contribution in [0.4, 0.5) is 8.78 Å². The van der Waals surface area contributed by atoms with Crippen molar-refractivity contribution in [1.82, 2.24) is 4.90 Å². The van der Waals surface area contributed by atoms with E-state index in [4.69, 9.17) is 5.73 Å². The van der Waals surface area contributed by atoms with E-state index in [0.29, 0.717) is 0 Å². The first-order valence-electron chi connectivity index (χ1n) is 6.18. The van der Waals surface area contributed by atoms with Crippen LogP contribution in [0.25, 0.3) is 0 Å². The molecule has 0 aromatic heterocycles. The van der Waals surface area contributed by atoms with Crippen molar-refractivity contribution in [3.05, 3.63) is 0 Å². The molecule has 0 spiro atoms. The Labute approximate surface area is 101 Å². The lowest BCUT2D eigenvalue weighted by Gasteiger charge is -2.32. The van der Waals surface area contributed by atoms with E-state index < -0.39 is 23.8 Å². The highest BCUT2D eigenvalue weighted by Gasteiger charge is 2.46. The minimum absolute atomic E-state index is 0.0801. The molecule has 2 N–H and O–H groups in total. The van der Waals surface area contributed by atoms with Crippen molar-refractivity contribution in [2.24, 2.45) is 11.7 Å². The van der Waals surface area contributed by atoms with E-state index in [-0.39, 0.29) is 6.04 Å². The van der Waals surface area contributed by atoms with Crippen molar-refractivity contribution in [3.63, 3.8) is 0 Å². The maximum atomic E-state index is 13.7. The molecule has 17 heavy (non-hydrogen) atoms. The lowest BCUT2D eigenvalue weighted by molar-refractivity contribution is -0.147. The van der Waals surface area contributed by atoms with Gasteiger partial charge in [-0.15, -0.1) is 0 Å². The minimum atomic E-state index is -3.15. The van der Waals surface area contributed by atoms with Gasteiger partial charge >= 0.3 is 0 Å². The van der Waals surface area contributed by atoms with E-state index in [2.05, 4.69) is 0 Å². The van der Waals surface area contributed by atoms with Gasteiger partial charge in [0, 0.05) is 19.0 Å². The van der Waals surface area contributed by atoms with Crippen molar-refractivity contribution in [3.8, 4) is 0 Å². The molecule has 1 aliphatic rings. The van der Waals surface area contributed by atoms with Gasteiger partial charge in [-0.05, 0) is 12.8 Å². The van der Waals surface area contributed by atoms with E-state index >= 15 is 0 Å². The van der Waals surface area contributed by atoms with E-state index in [9.17, 15) is 13.6 Å². The molecule has 1 rings (SSSR count). The van der Waals surface area contributed by atoms with Gasteiger partial charge in [-0.25, -0.2) is 8.78 Å². The lowest BCUT2D eigenvalue weighted by Crippen LogP contribution is -2.56. The molecule has 100 valence electrons. The number of carbonyl (C=O) groups is 1. The molecular weight excluding hydrogens is 226 g/mol. The zero-order valence-electron chi connectivity index (χ0n) is 10.7. The standard InChI is InChI=1S/C12H22F2N2O/c1-8(2)12(13,14)10(15)11(17)16(3)9-6-4-5-7-9/h8-10H,4-7,15H2,1-3H3/t10-/m1/s1. The summed E-state index contributed by atoms with van der Waals surface area (Å²) in [6, 6.07) is -1.65. The third-order valence-corrected chi connectivity index (χ3v) is 3.67. The van der Waals surface area contributed by atoms with Crippen LogP contribution in [0, 0.1) is 5.92 Å². The fourth-order valence-electron chi connectivity index (χ4n) is 2.21. The quantitative estimate of drug-likeness (QED) is 0.827. The molecule has 1 aliphatic carbocycles. The van der Waals surface area contributed by atoms with Crippen LogP contribution in [0.2, 0.25) is 0 Å². The Kier molecular flexibility index (Phi) is 4.47. The number of rotatable bonds is 4. The van der Waals surface area contributed by atoms with Gasteiger partial charge in [0.25, 0.3) is 5.92 Å². The zero-order chi connectivity index (χ0) is 13.2. The molecule has 0 radical (unpaired) electrons. The number of carbonyl (C=O) groups excluding carboxylic acids is 1. The van der Waals surface area contributed by atoms with Crippen molar-refractivity contribution in [2.45, 2.75) is 57.5 Å². The minimum Gasteiger partial charge on any atom is -0.341 e. The summed E-state index contributed by atoms with van der Waals surface area (Å²) in [4.78, 5) is 13.3. The first kappa shape index (κ1) is 14.4. The van der Waals surface area contributed by atoms with Crippen LogP contribution in [0.15, 0.2) is 0 Å². The van der Waals surface area contributed by atoms with Gasteiger partial charge < -0.3 is 10.6 Å². The molecule has 1 amide bonds. The van der Waals surface area contributed by atoms with Gasteiger partial charge in [0.15, 0.2) is 0 Å². The zero-order valence-corrected chi connectivity index (χ0v) is 10.7. The maximum Gasteiger partial charge on any atom is 0.274 e. The molecule has 3 nitrogen and oxygen atoms in total. The van der Waals surface area contributed by atoms with Crippen LogP contribution in [0.5, 0.6) is 0 Å². The first-order valence-corrected chi connectivity index (χ1v) is 6.18. The molecule has 1 saturated carbocycles. The fourth-order valence-corrected chi connectivity index (χ4v) is 2.21. The SMILES string of the molecule is CC(C)C(F)(F)[C@H](N)C(=O)N(C)C1CCCC1. The van der Waals surface area contributed by atoms with Crippen LogP contribution >= 0.6 is 0 Å². The number of alkyl halides is 2. The summed E-state index contributed by atoms with van der Waals surface area (Å²) in [7, 11) is 1.58. The van der Waals surface area contributed by atoms with Crippen molar-refractivity contribution in [2.75, 3.05) is 7.05 Å². The van der Waals surface area contributed by atoms with Gasteiger partial charge in [0.1, 0.15) is 6.04 Å². The van der Waals surface area contributed by atoms with Crippen LogP contribution < -0.4 is 5.73 Å². The second kappa shape index (κ2) is 5.29. The van der Waals surface area contributed by atoms with Crippen LogP contribution in [-0.2, 0) is 4.79 Å². The van der Waals surface area contributed by atoms with E-state index in [0.717, 1.165) is 25.7 Å². The highest BCUT2D eigenvalue weighted by Crippen LogP contribution is 2.29. The molecule has 0 unspecified atom stereocenters. The number of likely N-dealkylation sites (N-methyl/N-ethyl adjacent to an activating group) is 1. The van der Waals surface area contributed by atoms with Gasteiger partial charge in [0.2, 0.25) is 5.91 Å². The molecule has 0 aromatic carbocycles. The number of nitrogens with zero attached hydrogens (tertiary/aromatic N) is 1. The maximum absolute atomic E-state index is 13.7. The molecule has 5 heteroatoms. The van der Waals surface area contributed by atoms with Crippen LogP contribution in [0.3, 0.4) is 0 Å². The molecule has 0 aliphatic heterocycles. The van der Waals surface area contributed by atoms with Crippen LogP contribution in [0.1, 0.15) is 39.5 Å². The summed E-state index contributed by atoms with van der Waals surface area (Å²) < 4.78 is 27.3. The third-order valence-electron chi connectivity index (χ3n) is 3.67. The Morgan fingerprint density at radius 2 is 1.82 bits per heavy atom. The first-order chi connectivity index (χ1) is 7.78. The fraction of sp³-hybridized carbons (Fsp3) is 0.917. The largest absolute Gasteiger partial charge is 0.341 e. The normalized spacial score (nSPS) is 19.7. The summed E-state index contributed by atoms with van der Waals surface area (Å²) in [6.45, 7) is 2.76. The Balaban J connectivity index is 2.68. The van der Waals surface area contributed by atoms with Gasteiger partial charge in [-0.3, -0.25) is 4.79 Å². The molecular formula is C12H22F2N2O. The summed E-state index contributed by atoms with van der Waals surface area (Å²) in [5.41, 5.74) is 5.42. The molecule has 1 atom stereocenters. The monoisotopic (exact) mass is 248 g/mol. The lowest BCUT2D eigenvalue weighted by atomic mass is 9.97. The number of nitrogens with two attached hydrogens (primary N) is 1. The van der Waals surface area contributed by atoms with Crippen molar-refractivity contribution >= 4 is 5.91 Å². The van der Waals surface area contributed by atoms with E-state index in [1.54, 1.807) is 7.05 Å². The molecule has 0 bridgehead atoms. The molecule has 0 aromatic rings. The van der Waals surface area contributed by atoms with Gasteiger partial charge in [-0.2, -0.15) is 0 Å². The summed E-state index contributed by atoms with van der Waals surface area (Å²) in [6.07, 6.45) is 3.89. The predicted octanol–water partition coefficient (Wildman–Crippen LogP) is 2.01. The van der Waals surface area contributed by atoms with Crippen LogP contribution in [-0.4, -0.2) is 35.9 Å². The number of amides is 1. The Morgan fingerprint density at radius 1 is 1.35 bits per heavy atom. The molecule has 1 fully saturated rings. The van der Waals surface area contributed by atoms with Gasteiger partial charge in [-0.1, -0.05) is 26.7 Å². The highest BCUT2D eigenvalue weighted by molar-refractivity contribution is 5.82. The number of hydrogen-bond donors (Lipinski definition) is 1. The smallest absolute Gasteiger partial charge is 0.274 e. The molecule has 0 saturated heterocycles. The Morgan fingerprint density at radius 3 is 2.24 bits per heavy atom. The highest BCUT2D eigenvalue weighted by atomic mass is 19.3. The summed E-state index contributed by atoms with van der Waals surface area (Å²) in [5, 5.41) is 0. The Bertz CT molecular complexity index is 276. The third kappa shape index (κ3) is 2.94. The van der Waals surface area contributed by atoms with Gasteiger partial charge in [0.05, 0.1) is 0 Å². The number of halogens is 2. The Hall–Kier alpha value is -0.710. The number of hydrogen-bond acceptors (Lipinski definition) is 2.